The predicted molar refractivity (Wildman–Crippen MR) is 131 cm³/mol. The maximum absolute atomic E-state index is 13.1. The van der Waals surface area contributed by atoms with Gasteiger partial charge in [0.05, 0.1) is 11.2 Å². The van der Waals surface area contributed by atoms with Crippen molar-refractivity contribution in [3.63, 3.8) is 0 Å². The number of nitrogens with two attached hydrogens (primary N) is 1. The highest BCUT2D eigenvalue weighted by atomic mass is 32.2. The number of benzene rings is 1. The zero-order valence-electron chi connectivity index (χ0n) is 18.7. The monoisotopic (exact) mass is 483 g/mol. The van der Waals surface area contributed by atoms with Gasteiger partial charge in [-0.25, -0.2) is 0 Å². The molecule has 0 radical (unpaired) electrons. The number of carbonyl (C=O) groups excluding carboxylic acids is 2. The third-order valence-electron chi connectivity index (χ3n) is 5.94. The Balaban J connectivity index is 1.49. The maximum atomic E-state index is 13.1. The molecule has 7 nitrogen and oxygen atoms in total. The van der Waals surface area contributed by atoms with Crippen molar-refractivity contribution in [3.8, 4) is 0 Å². The first kappa shape index (κ1) is 23.5. The molecule has 3 heterocycles. The summed E-state index contributed by atoms with van der Waals surface area (Å²) in [5.41, 5.74) is 6.73. The Kier molecular flexibility index (Phi) is 7.82. The van der Waals surface area contributed by atoms with Gasteiger partial charge in [-0.3, -0.25) is 9.59 Å². The average Bonchev–Trinajstić information content (AvgIpc) is 3.48. The van der Waals surface area contributed by atoms with E-state index in [9.17, 15) is 9.59 Å². The van der Waals surface area contributed by atoms with Gasteiger partial charge in [0.2, 0.25) is 11.8 Å². The van der Waals surface area contributed by atoms with Gasteiger partial charge in [-0.1, -0.05) is 48.2 Å². The van der Waals surface area contributed by atoms with Crippen LogP contribution in [0.5, 0.6) is 0 Å². The van der Waals surface area contributed by atoms with E-state index in [1.54, 1.807) is 16.2 Å². The van der Waals surface area contributed by atoms with E-state index in [2.05, 4.69) is 38.3 Å². The summed E-state index contributed by atoms with van der Waals surface area (Å²) in [5, 5.41) is 11.4. The summed E-state index contributed by atoms with van der Waals surface area (Å²) >= 11 is 3.14. The standard InChI is InChI=1S/C24H29N5O2S2/c1-17(23(31)28-12-5-9-19(16-28)22(25)30)33-24-27-26-21(15-20-10-6-14-32-20)29(24)13-11-18-7-3-2-4-8-18/h2-4,6-8,10,14,17,19H,5,9,11-13,15-16H2,1H3,(H2,25,30). The van der Waals surface area contributed by atoms with E-state index >= 15 is 0 Å². The van der Waals surface area contributed by atoms with Gasteiger partial charge in [-0.15, -0.1) is 21.5 Å². The van der Waals surface area contributed by atoms with Crippen LogP contribution >= 0.6 is 23.1 Å². The number of thiophene rings is 1. The summed E-state index contributed by atoms with van der Waals surface area (Å²) in [4.78, 5) is 27.7. The lowest BCUT2D eigenvalue weighted by atomic mass is 9.97. The number of carbonyl (C=O) groups is 2. The molecule has 1 fully saturated rings. The Labute approximate surface area is 202 Å². The van der Waals surface area contributed by atoms with Gasteiger partial charge in [-0.05, 0) is 43.2 Å². The molecule has 2 N–H and O–H groups in total. The van der Waals surface area contributed by atoms with Crippen LogP contribution in [0, 0.1) is 5.92 Å². The van der Waals surface area contributed by atoms with E-state index < -0.39 is 0 Å². The Bertz CT molecular complexity index is 1070. The number of rotatable bonds is 9. The summed E-state index contributed by atoms with van der Waals surface area (Å²) in [6, 6.07) is 14.5. The molecular weight excluding hydrogens is 454 g/mol. The van der Waals surface area contributed by atoms with E-state index in [4.69, 9.17) is 5.73 Å². The Morgan fingerprint density at radius 2 is 2.03 bits per heavy atom. The first-order valence-corrected chi connectivity index (χ1v) is 13.0. The number of primary amides is 1. The van der Waals surface area contributed by atoms with Gasteiger partial charge in [-0.2, -0.15) is 0 Å². The van der Waals surface area contributed by atoms with Crippen LogP contribution in [0.4, 0.5) is 0 Å². The fourth-order valence-electron chi connectivity index (χ4n) is 4.09. The van der Waals surface area contributed by atoms with Crippen LogP contribution in [0.3, 0.4) is 0 Å². The van der Waals surface area contributed by atoms with Crippen molar-refractivity contribution >= 4 is 34.9 Å². The van der Waals surface area contributed by atoms with Crippen molar-refractivity contribution in [2.75, 3.05) is 13.1 Å². The molecule has 0 spiro atoms. The van der Waals surface area contributed by atoms with Crippen LogP contribution < -0.4 is 5.73 Å². The lowest BCUT2D eigenvalue weighted by Crippen LogP contribution is -2.46. The number of hydrogen-bond donors (Lipinski definition) is 1. The van der Waals surface area contributed by atoms with E-state index in [0.29, 0.717) is 13.1 Å². The minimum atomic E-state index is -0.328. The molecule has 2 atom stereocenters. The number of thioether (sulfide) groups is 1. The molecule has 9 heteroatoms. The first-order chi connectivity index (χ1) is 16.0. The Morgan fingerprint density at radius 1 is 1.21 bits per heavy atom. The van der Waals surface area contributed by atoms with Gasteiger partial charge in [0, 0.05) is 30.9 Å². The second-order valence-electron chi connectivity index (χ2n) is 8.33. The second kappa shape index (κ2) is 11.0. The highest BCUT2D eigenvalue weighted by Gasteiger charge is 2.30. The van der Waals surface area contributed by atoms with E-state index in [1.165, 1.54) is 22.2 Å². The lowest BCUT2D eigenvalue weighted by Gasteiger charge is -2.32. The topological polar surface area (TPSA) is 94.1 Å². The molecule has 174 valence electrons. The number of hydrogen-bond acceptors (Lipinski definition) is 6. The molecule has 1 aromatic carbocycles. The van der Waals surface area contributed by atoms with Crippen LogP contribution in [0.25, 0.3) is 0 Å². The smallest absolute Gasteiger partial charge is 0.235 e. The van der Waals surface area contributed by atoms with Crippen LogP contribution in [0.1, 0.15) is 36.0 Å². The zero-order chi connectivity index (χ0) is 23.2. The minimum Gasteiger partial charge on any atom is -0.369 e. The van der Waals surface area contributed by atoms with Crippen molar-refractivity contribution in [3.05, 3.63) is 64.1 Å². The number of amides is 2. The van der Waals surface area contributed by atoms with Gasteiger partial charge < -0.3 is 15.2 Å². The van der Waals surface area contributed by atoms with E-state index in [1.807, 2.05) is 31.2 Å². The molecule has 2 amide bonds. The van der Waals surface area contributed by atoms with Gasteiger partial charge >= 0.3 is 0 Å². The highest BCUT2D eigenvalue weighted by molar-refractivity contribution is 8.00. The molecule has 1 saturated heterocycles. The molecule has 3 aromatic rings. The van der Waals surface area contributed by atoms with Crippen molar-refractivity contribution in [1.29, 1.82) is 0 Å². The normalized spacial score (nSPS) is 17.1. The third-order valence-corrected chi connectivity index (χ3v) is 7.88. The molecule has 0 bridgehead atoms. The van der Waals surface area contributed by atoms with Crippen molar-refractivity contribution in [2.45, 2.75) is 49.6 Å². The maximum Gasteiger partial charge on any atom is 0.235 e. The SMILES string of the molecule is CC(Sc1nnc(Cc2cccs2)n1CCc1ccccc1)C(=O)N1CCCC(C(N)=O)C1. The molecule has 4 rings (SSSR count). The molecule has 2 unspecified atom stereocenters. The summed E-state index contributed by atoms with van der Waals surface area (Å²) in [7, 11) is 0. The number of likely N-dealkylation sites (tertiary alicyclic amines) is 1. The highest BCUT2D eigenvalue weighted by Crippen LogP contribution is 2.27. The molecule has 33 heavy (non-hydrogen) atoms. The molecule has 0 saturated carbocycles. The molecule has 1 aliphatic heterocycles. The number of aryl methyl sites for hydroxylation is 1. The summed E-state index contributed by atoms with van der Waals surface area (Å²) in [5.74, 6) is 0.337. The predicted octanol–water partition coefficient (Wildman–Crippen LogP) is 3.38. The largest absolute Gasteiger partial charge is 0.369 e. The number of nitrogens with zero attached hydrogens (tertiary/aromatic N) is 4. The van der Waals surface area contributed by atoms with Gasteiger partial charge in [0.15, 0.2) is 5.16 Å². The fraction of sp³-hybridized carbons (Fsp3) is 0.417. The van der Waals surface area contributed by atoms with Crippen LogP contribution in [0.2, 0.25) is 0 Å². The molecular formula is C24H29N5O2S2. The quantitative estimate of drug-likeness (QED) is 0.471. The average molecular weight is 484 g/mol. The van der Waals surface area contributed by atoms with Crippen LogP contribution in [0.15, 0.2) is 53.0 Å². The van der Waals surface area contributed by atoms with E-state index in [-0.39, 0.29) is 23.0 Å². The molecule has 0 aliphatic carbocycles. The van der Waals surface area contributed by atoms with Crippen LogP contribution in [-0.4, -0.2) is 49.8 Å². The summed E-state index contributed by atoms with van der Waals surface area (Å²) in [6.07, 6.45) is 3.13. The Hall–Kier alpha value is -2.65. The van der Waals surface area contributed by atoms with Gasteiger partial charge in [0.25, 0.3) is 0 Å². The minimum absolute atomic E-state index is 0.0170. The van der Waals surface area contributed by atoms with Gasteiger partial charge in [0.1, 0.15) is 5.82 Å². The molecule has 1 aliphatic rings. The van der Waals surface area contributed by atoms with E-state index in [0.717, 1.165) is 43.2 Å². The fourth-order valence-corrected chi connectivity index (χ4v) is 5.77. The molecule has 2 aromatic heterocycles. The number of aromatic nitrogens is 3. The van der Waals surface area contributed by atoms with Crippen molar-refractivity contribution in [2.24, 2.45) is 11.7 Å². The third kappa shape index (κ3) is 6.03. The Morgan fingerprint density at radius 3 is 2.76 bits per heavy atom. The number of piperidine rings is 1. The second-order valence-corrected chi connectivity index (χ2v) is 10.7. The van der Waals surface area contributed by atoms with Crippen molar-refractivity contribution < 1.29 is 9.59 Å². The summed E-state index contributed by atoms with van der Waals surface area (Å²) in [6.45, 7) is 3.71. The van der Waals surface area contributed by atoms with Crippen LogP contribution in [-0.2, 0) is 29.0 Å². The lowest BCUT2D eigenvalue weighted by molar-refractivity contribution is -0.134. The zero-order valence-corrected chi connectivity index (χ0v) is 20.4. The summed E-state index contributed by atoms with van der Waals surface area (Å²) < 4.78 is 2.14. The first-order valence-electron chi connectivity index (χ1n) is 11.2. The van der Waals surface area contributed by atoms with Crippen molar-refractivity contribution in [1.82, 2.24) is 19.7 Å².